The number of hydrogen-bond acceptors (Lipinski definition) is 3. The summed E-state index contributed by atoms with van der Waals surface area (Å²) in [6.45, 7) is 0. The number of nitrogens with zero attached hydrogens (tertiary/aromatic N) is 4. The third-order valence-electron chi connectivity index (χ3n) is 3.58. The maximum Gasteiger partial charge on any atom is 0.182 e. The molecule has 4 nitrogen and oxygen atoms in total. The highest BCUT2D eigenvalue weighted by Gasteiger charge is 2.14. The molecule has 0 amide bonds. The Morgan fingerprint density at radius 1 is 0.652 bits per heavy atom. The molecule has 2 heterocycles. The van der Waals surface area contributed by atoms with Gasteiger partial charge in [-0.1, -0.05) is 48.5 Å². The van der Waals surface area contributed by atoms with E-state index in [1.165, 1.54) is 0 Å². The molecule has 4 heteroatoms. The van der Waals surface area contributed by atoms with Crippen molar-refractivity contribution in [3.05, 3.63) is 85.2 Å². The average Bonchev–Trinajstić information content (AvgIpc) is 3.09. The molecule has 0 radical (unpaired) electrons. The van der Waals surface area contributed by atoms with E-state index >= 15 is 0 Å². The molecule has 0 unspecified atom stereocenters. The Morgan fingerprint density at radius 3 is 2.00 bits per heavy atom. The van der Waals surface area contributed by atoms with Gasteiger partial charge in [-0.05, 0) is 24.3 Å². The SMILES string of the molecule is c1ccc(-c2nc(-c3ccncc3)n(-c3ccccc3)n2)cc1. The summed E-state index contributed by atoms with van der Waals surface area (Å²) < 4.78 is 1.87. The molecule has 4 aromatic rings. The summed E-state index contributed by atoms with van der Waals surface area (Å²) in [4.78, 5) is 8.83. The molecule has 0 N–H and O–H groups in total. The van der Waals surface area contributed by atoms with E-state index in [9.17, 15) is 0 Å². The van der Waals surface area contributed by atoms with Gasteiger partial charge in [-0.2, -0.15) is 0 Å². The Bertz CT molecular complexity index is 843. The minimum absolute atomic E-state index is 0.710. The molecule has 0 aliphatic carbocycles. The van der Waals surface area contributed by atoms with Gasteiger partial charge in [0.05, 0.1) is 5.69 Å². The van der Waals surface area contributed by atoms with Crippen LogP contribution in [0.4, 0.5) is 0 Å². The lowest BCUT2D eigenvalue weighted by Crippen LogP contribution is -1.99. The van der Waals surface area contributed by atoms with Crippen LogP contribution < -0.4 is 0 Å². The molecule has 2 aromatic heterocycles. The summed E-state index contributed by atoms with van der Waals surface area (Å²) in [5.74, 6) is 1.51. The van der Waals surface area contributed by atoms with Crippen molar-refractivity contribution in [2.45, 2.75) is 0 Å². The predicted octanol–water partition coefficient (Wildman–Crippen LogP) is 4.00. The Hall–Kier alpha value is -3.27. The smallest absolute Gasteiger partial charge is 0.182 e. The molecule has 0 bridgehead atoms. The zero-order chi connectivity index (χ0) is 15.5. The fourth-order valence-electron chi connectivity index (χ4n) is 2.46. The van der Waals surface area contributed by atoms with Crippen LogP contribution in [0.3, 0.4) is 0 Å². The molecule has 4 rings (SSSR count). The quantitative estimate of drug-likeness (QED) is 0.574. The molecular formula is C19H14N4. The third-order valence-corrected chi connectivity index (χ3v) is 3.58. The van der Waals surface area contributed by atoms with Gasteiger partial charge in [-0.25, -0.2) is 9.67 Å². The number of para-hydroxylation sites is 1. The molecule has 0 saturated carbocycles. The van der Waals surface area contributed by atoms with Gasteiger partial charge < -0.3 is 0 Å². The Kier molecular flexibility index (Phi) is 3.41. The molecule has 0 aliphatic heterocycles. The first kappa shape index (κ1) is 13.4. The topological polar surface area (TPSA) is 43.6 Å². The summed E-state index contributed by atoms with van der Waals surface area (Å²) in [6.07, 6.45) is 3.53. The average molecular weight is 298 g/mol. The van der Waals surface area contributed by atoms with Crippen LogP contribution in [0.15, 0.2) is 85.2 Å². The minimum Gasteiger partial charge on any atom is -0.265 e. The molecule has 0 fully saturated rings. The fourth-order valence-corrected chi connectivity index (χ4v) is 2.46. The van der Waals surface area contributed by atoms with Crippen LogP contribution in [0.2, 0.25) is 0 Å². The first-order valence-electron chi connectivity index (χ1n) is 7.40. The summed E-state index contributed by atoms with van der Waals surface area (Å²) in [6, 6.07) is 23.9. The van der Waals surface area contributed by atoms with Gasteiger partial charge in [0.2, 0.25) is 0 Å². The standard InChI is InChI=1S/C19H14N4/c1-3-7-15(8-4-1)18-21-19(16-11-13-20-14-12-16)23(22-18)17-9-5-2-6-10-17/h1-14H. The molecule has 0 spiro atoms. The molecule has 2 aromatic carbocycles. The van der Waals surface area contributed by atoms with Crippen molar-refractivity contribution < 1.29 is 0 Å². The summed E-state index contributed by atoms with van der Waals surface area (Å²) in [5, 5.41) is 4.71. The van der Waals surface area contributed by atoms with Gasteiger partial charge in [-0.3, -0.25) is 4.98 Å². The van der Waals surface area contributed by atoms with Crippen LogP contribution >= 0.6 is 0 Å². The van der Waals surface area contributed by atoms with Gasteiger partial charge in [0.1, 0.15) is 0 Å². The van der Waals surface area contributed by atoms with Crippen LogP contribution in [0.25, 0.3) is 28.5 Å². The van der Waals surface area contributed by atoms with E-state index in [1.54, 1.807) is 12.4 Å². The number of aromatic nitrogens is 4. The van der Waals surface area contributed by atoms with Crippen LogP contribution in [0, 0.1) is 0 Å². The Balaban J connectivity index is 1.91. The lowest BCUT2D eigenvalue weighted by Gasteiger charge is -2.05. The van der Waals surface area contributed by atoms with Crippen LogP contribution in [0.5, 0.6) is 0 Å². The predicted molar refractivity (Wildman–Crippen MR) is 90.0 cm³/mol. The van der Waals surface area contributed by atoms with Crippen molar-refractivity contribution in [3.63, 3.8) is 0 Å². The zero-order valence-electron chi connectivity index (χ0n) is 12.4. The van der Waals surface area contributed by atoms with Crippen molar-refractivity contribution in [2.75, 3.05) is 0 Å². The van der Waals surface area contributed by atoms with Gasteiger partial charge in [0.15, 0.2) is 11.6 Å². The summed E-state index contributed by atoms with van der Waals surface area (Å²) in [5.41, 5.74) is 2.96. The van der Waals surface area contributed by atoms with Crippen molar-refractivity contribution in [2.24, 2.45) is 0 Å². The highest BCUT2D eigenvalue weighted by atomic mass is 15.4. The van der Waals surface area contributed by atoms with E-state index in [0.29, 0.717) is 5.82 Å². The third kappa shape index (κ3) is 2.62. The second kappa shape index (κ2) is 5.85. The lowest BCUT2D eigenvalue weighted by molar-refractivity contribution is 0.890. The van der Waals surface area contributed by atoms with Crippen molar-refractivity contribution in [3.8, 4) is 28.5 Å². The van der Waals surface area contributed by atoms with Gasteiger partial charge in [0.25, 0.3) is 0 Å². The highest BCUT2D eigenvalue weighted by Crippen LogP contribution is 2.24. The number of hydrogen-bond donors (Lipinski definition) is 0. The zero-order valence-corrected chi connectivity index (χ0v) is 12.4. The van der Waals surface area contributed by atoms with E-state index in [0.717, 1.165) is 22.6 Å². The Labute approximate surface area is 134 Å². The van der Waals surface area contributed by atoms with Crippen LogP contribution in [0.1, 0.15) is 0 Å². The minimum atomic E-state index is 0.710. The molecule has 0 aliphatic rings. The maximum absolute atomic E-state index is 4.75. The summed E-state index contributed by atoms with van der Waals surface area (Å²) >= 11 is 0. The fraction of sp³-hybridized carbons (Fsp3) is 0. The van der Waals surface area contributed by atoms with Crippen LogP contribution in [-0.2, 0) is 0 Å². The molecular weight excluding hydrogens is 284 g/mol. The monoisotopic (exact) mass is 298 g/mol. The molecule has 0 saturated heterocycles. The Morgan fingerprint density at radius 2 is 1.30 bits per heavy atom. The maximum atomic E-state index is 4.75. The second-order valence-electron chi connectivity index (χ2n) is 5.11. The highest BCUT2D eigenvalue weighted by molar-refractivity contribution is 5.63. The number of benzene rings is 2. The van der Waals surface area contributed by atoms with E-state index in [1.807, 2.05) is 77.5 Å². The van der Waals surface area contributed by atoms with E-state index in [2.05, 4.69) is 4.98 Å². The van der Waals surface area contributed by atoms with Crippen molar-refractivity contribution in [1.29, 1.82) is 0 Å². The van der Waals surface area contributed by atoms with Crippen LogP contribution in [-0.4, -0.2) is 19.7 Å². The molecule has 110 valence electrons. The second-order valence-corrected chi connectivity index (χ2v) is 5.11. The first-order chi connectivity index (χ1) is 11.4. The van der Waals surface area contributed by atoms with Crippen molar-refractivity contribution in [1.82, 2.24) is 19.7 Å². The van der Waals surface area contributed by atoms with E-state index in [-0.39, 0.29) is 0 Å². The van der Waals surface area contributed by atoms with Crippen molar-refractivity contribution >= 4 is 0 Å². The number of pyridine rings is 1. The first-order valence-corrected chi connectivity index (χ1v) is 7.40. The van der Waals surface area contributed by atoms with Gasteiger partial charge >= 0.3 is 0 Å². The van der Waals surface area contributed by atoms with Gasteiger partial charge in [-0.15, -0.1) is 5.10 Å². The van der Waals surface area contributed by atoms with E-state index in [4.69, 9.17) is 10.1 Å². The lowest BCUT2D eigenvalue weighted by atomic mass is 10.2. The molecule has 23 heavy (non-hydrogen) atoms. The molecule has 0 atom stereocenters. The van der Waals surface area contributed by atoms with E-state index < -0.39 is 0 Å². The van der Waals surface area contributed by atoms with Gasteiger partial charge in [0, 0.05) is 23.5 Å². The normalized spacial score (nSPS) is 10.6. The largest absolute Gasteiger partial charge is 0.265 e. The summed E-state index contributed by atoms with van der Waals surface area (Å²) in [7, 11) is 0. The number of rotatable bonds is 3.